The van der Waals surface area contributed by atoms with E-state index in [4.69, 9.17) is 9.47 Å². The van der Waals surface area contributed by atoms with E-state index in [-0.39, 0.29) is 55.9 Å². The summed E-state index contributed by atoms with van der Waals surface area (Å²) in [6.07, 6.45) is 0.466. The third kappa shape index (κ3) is 7.74. The molecule has 1 saturated heterocycles. The highest BCUT2D eigenvalue weighted by atomic mass is 32.2. The van der Waals surface area contributed by atoms with Crippen molar-refractivity contribution in [1.82, 2.24) is 10.2 Å². The lowest BCUT2D eigenvalue weighted by Crippen LogP contribution is -2.70. The predicted octanol–water partition coefficient (Wildman–Crippen LogP) is 5.82. The number of allylic oxidation sites excluding steroid dienone is 5. The molecule has 8 rings (SSSR count). The summed E-state index contributed by atoms with van der Waals surface area (Å²) in [5.41, 5.74) is -4.90. The van der Waals surface area contributed by atoms with E-state index in [9.17, 15) is 39.0 Å². The normalized spacial score (nSPS) is 34.2. The number of fused-ring (bicyclic) bond motifs is 7. The molecule has 4 N–H and O–H groups in total. The fourth-order valence-electron chi connectivity index (χ4n) is 11.3. The molecule has 2 aromatic rings. The van der Waals surface area contributed by atoms with Crippen molar-refractivity contribution in [2.24, 2.45) is 28.6 Å². The Bertz CT molecular complexity index is 2410. The predicted molar refractivity (Wildman–Crippen MR) is 234 cm³/mol. The second-order valence-corrected chi connectivity index (χ2v) is 19.8. The number of anilines is 1. The zero-order valence-corrected chi connectivity index (χ0v) is 37.4. The third-order valence-corrected chi connectivity index (χ3v) is 15.9. The average Bonchev–Trinajstić information content (AvgIpc) is 3.90. The second-order valence-electron chi connectivity index (χ2n) is 18.6. The van der Waals surface area contributed by atoms with Crippen LogP contribution in [0, 0.1) is 28.6 Å². The van der Waals surface area contributed by atoms with E-state index in [1.165, 1.54) is 30.8 Å². The zero-order valence-electron chi connectivity index (χ0n) is 36.6. The van der Waals surface area contributed by atoms with E-state index in [1.807, 2.05) is 55.5 Å². The van der Waals surface area contributed by atoms with Crippen molar-refractivity contribution >= 4 is 52.5 Å². The number of aliphatic hydroxyl groups excluding tert-OH is 2. The van der Waals surface area contributed by atoms with E-state index < -0.39 is 101 Å². The lowest BCUT2D eigenvalue weighted by molar-refractivity contribution is -0.235. The van der Waals surface area contributed by atoms with Gasteiger partial charge in [-0.05, 0) is 93.2 Å². The molecule has 4 aliphatic carbocycles. The molecule has 0 bridgehead atoms. The highest BCUT2D eigenvalue weighted by Gasteiger charge is 2.80. The van der Waals surface area contributed by atoms with Gasteiger partial charge in [0.15, 0.2) is 34.9 Å². The Hall–Kier alpha value is -5.13. The Labute approximate surface area is 379 Å². The number of hydrogen-bond acceptors (Lipinski definition) is 12. The monoisotopic (exact) mass is 913 g/mol. The molecule has 16 heteroatoms. The maximum atomic E-state index is 17.7. The Morgan fingerprint density at radius 1 is 0.969 bits per heavy atom. The van der Waals surface area contributed by atoms with Gasteiger partial charge in [0.25, 0.3) is 11.8 Å². The molecule has 65 heavy (non-hydrogen) atoms. The third-order valence-electron chi connectivity index (χ3n) is 14.9. The average molecular weight is 914 g/mol. The SMILES string of the molecule is C=C(Nc1ccc(Sc2ccc([C@@H]3O[C@@H]4C[C@H]5[C@@H]6C[C@H](F)C7=CC(=O)C=C[C@]7(C)[C@@]6(F)[C@@H](O)C[C@]5(C)[C@]4(C(=O)CO)O3)cc2)cc1)[C@H](C)CC(=O)[C@H](C)NC(=O)CCN1C(=O)C=CC1=O. The molecule has 12 atom stereocenters. The molecular weight excluding hydrogens is 861 g/mol. The van der Waals surface area contributed by atoms with Gasteiger partial charge in [0.1, 0.15) is 12.8 Å². The number of hydrogen-bond donors (Lipinski definition) is 4. The van der Waals surface area contributed by atoms with Crippen molar-refractivity contribution < 1.29 is 57.2 Å². The zero-order chi connectivity index (χ0) is 46.8. The number of carbonyl (C=O) groups is 6. The molecule has 0 radical (unpaired) electrons. The van der Waals surface area contributed by atoms with Gasteiger partial charge < -0.3 is 30.3 Å². The van der Waals surface area contributed by atoms with Crippen molar-refractivity contribution in [3.8, 4) is 0 Å². The van der Waals surface area contributed by atoms with Crippen molar-refractivity contribution in [2.75, 3.05) is 18.5 Å². The van der Waals surface area contributed by atoms with Crippen LogP contribution in [0.4, 0.5) is 14.5 Å². The quantitative estimate of drug-likeness (QED) is 0.157. The van der Waals surface area contributed by atoms with E-state index in [2.05, 4.69) is 17.2 Å². The number of rotatable bonds is 15. The molecule has 13 nitrogen and oxygen atoms in total. The second kappa shape index (κ2) is 17.3. The molecule has 0 unspecified atom stereocenters. The topological polar surface area (TPSA) is 189 Å². The minimum absolute atomic E-state index is 0.0102. The number of halogens is 2. The summed E-state index contributed by atoms with van der Waals surface area (Å²) in [5.74, 6) is -4.64. The standard InChI is InChI=1S/C49H53F2N3O10S/c1-26(20-38(57)28(3)53-42(60)17-19-54-43(61)14-15-44(54)62)27(2)52-30-8-12-33(13-9-30)65-32-10-6-29(7-11-32)45-63-41-23-34-35-22-37(50)36-21-31(56)16-18-46(36,4)48(35,51)39(58)24-47(34,5)49(41,64-45)40(59)25-55/h6-16,18,21,26,28,34-35,37,39,41,45,52,55,58H,2,17,19-20,22-25H2,1,3-5H3,(H,53,60)/t26-,28+,34+,35+,37+,39+,41-,45-,46+,47+,48+,49-/m1/s1. The summed E-state index contributed by atoms with van der Waals surface area (Å²) in [5, 5.41) is 28.0. The molecule has 4 fully saturated rings. The van der Waals surface area contributed by atoms with Gasteiger partial charge in [0.2, 0.25) is 5.91 Å². The molecule has 344 valence electrons. The fraction of sp³-hybridized carbons (Fsp3) is 0.469. The van der Waals surface area contributed by atoms with Crippen molar-refractivity contribution in [2.45, 2.75) is 112 Å². The number of carbonyl (C=O) groups excluding carboxylic acids is 6. The van der Waals surface area contributed by atoms with Crippen LogP contribution in [0.1, 0.15) is 71.7 Å². The number of alkyl halides is 2. The van der Waals surface area contributed by atoms with Crippen LogP contribution in [0.3, 0.4) is 0 Å². The number of imide groups is 1. The van der Waals surface area contributed by atoms with Crippen LogP contribution in [0.2, 0.25) is 0 Å². The first kappa shape index (κ1) is 46.4. The van der Waals surface area contributed by atoms with Crippen molar-refractivity contribution in [3.63, 3.8) is 0 Å². The van der Waals surface area contributed by atoms with Gasteiger partial charge in [-0.25, -0.2) is 8.78 Å². The van der Waals surface area contributed by atoms with E-state index in [0.717, 1.165) is 38.6 Å². The summed E-state index contributed by atoms with van der Waals surface area (Å²) in [7, 11) is 0. The largest absolute Gasteiger partial charge is 0.390 e. The summed E-state index contributed by atoms with van der Waals surface area (Å²) in [4.78, 5) is 77.7. The number of ketones is 3. The van der Waals surface area contributed by atoms with Crippen LogP contribution in [0.15, 0.2) is 107 Å². The van der Waals surface area contributed by atoms with Crippen LogP contribution >= 0.6 is 11.8 Å². The lowest BCUT2D eigenvalue weighted by Gasteiger charge is -2.63. The van der Waals surface area contributed by atoms with Crippen LogP contribution < -0.4 is 10.6 Å². The first-order valence-corrected chi connectivity index (χ1v) is 22.7. The van der Waals surface area contributed by atoms with Crippen LogP contribution in [-0.4, -0.2) is 99.0 Å². The smallest absolute Gasteiger partial charge is 0.253 e. The fourth-order valence-corrected chi connectivity index (χ4v) is 12.1. The van der Waals surface area contributed by atoms with E-state index >= 15 is 8.78 Å². The maximum absolute atomic E-state index is 17.7. The lowest BCUT2D eigenvalue weighted by atomic mass is 9.44. The Morgan fingerprint density at radius 2 is 1.62 bits per heavy atom. The molecular formula is C49H53F2N3O10S. The van der Waals surface area contributed by atoms with Crippen molar-refractivity contribution in [1.29, 1.82) is 0 Å². The number of benzene rings is 2. The maximum Gasteiger partial charge on any atom is 0.253 e. The molecule has 0 spiro atoms. The van der Waals surface area contributed by atoms with Gasteiger partial charge in [0.05, 0.1) is 18.2 Å². The molecule has 3 saturated carbocycles. The minimum Gasteiger partial charge on any atom is -0.390 e. The van der Waals surface area contributed by atoms with Crippen molar-refractivity contribution in [3.05, 3.63) is 102 Å². The van der Waals surface area contributed by atoms with Gasteiger partial charge in [-0.2, -0.15) is 0 Å². The summed E-state index contributed by atoms with van der Waals surface area (Å²) in [6, 6.07) is 14.2. The molecule has 2 aliphatic heterocycles. The first-order valence-electron chi connectivity index (χ1n) is 21.9. The summed E-state index contributed by atoms with van der Waals surface area (Å²) < 4.78 is 46.8. The number of aliphatic hydroxyl groups is 2. The van der Waals surface area contributed by atoms with Gasteiger partial charge in [-0.1, -0.05) is 50.4 Å². The number of nitrogens with zero attached hydrogens (tertiary/aromatic N) is 1. The number of nitrogens with one attached hydrogen (secondary N) is 2. The number of Topliss-reactive ketones (excluding diaryl/α,β-unsaturated/α-hetero) is 2. The van der Waals surface area contributed by atoms with E-state index in [1.54, 1.807) is 13.8 Å². The van der Waals surface area contributed by atoms with Gasteiger partial charge in [-0.15, -0.1) is 0 Å². The molecule has 3 amide bonds. The molecule has 2 aromatic carbocycles. The minimum atomic E-state index is -2.34. The highest BCUT2D eigenvalue weighted by Crippen LogP contribution is 2.72. The highest BCUT2D eigenvalue weighted by molar-refractivity contribution is 7.99. The van der Waals surface area contributed by atoms with Gasteiger partial charge >= 0.3 is 0 Å². The Balaban J connectivity index is 0.866. The van der Waals surface area contributed by atoms with Crippen LogP contribution in [0.25, 0.3) is 0 Å². The number of ether oxygens (including phenoxy) is 2. The Morgan fingerprint density at radius 3 is 2.26 bits per heavy atom. The van der Waals surface area contributed by atoms with Gasteiger partial charge in [-0.3, -0.25) is 33.7 Å². The number of amides is 3. The van der Waals surface area contributed by atoms with E-state index in [0.29, 0.717) is 11.3 Å². The summed E-state index contributed by atoms with van der Waals surface area (Å²) >= 11 is 1.50. The molecule has 2 heterocycles. The molecule has 6 aliphatic rings. The summed E-state index contributed by atoms with van der Waals surface area (Å²) in [6.45, 7) is 9.87. The van der Waals surface area contributed by atoms with Crippen LogP contribution in [-0.2, 0) is 38.2 Å². The van der Waals surface area contributed by atoms with Gasteiger partial charge in [0, 0.05) is 80.9 Å². The first-order chi connectivity index (χ1) is 30.7. The molecule has 0 aromatic heterocycles. The Kier molecular flexibility index (Phi) is 12.3. The van der Waals surface area contributed by atoms with Crippen LogP contribution in [0.5, 0.6) is 0 Å².